The van der Waals surface area contributed by atoms with Crippen molar-refractivity contribution in [1.29, 1.82) is 0 Å². The zero-order valence-corrected chi connectivity index (χ0v) is 10.9. The van der Waals surface area contributed by atoms with Crippen molar-refractivity contribution in [1.82, 2.24) is 0 Å². The molecular weight excluding hydrogens is 313 g/mol. The molecule has 0 aliphatic heterocycles. The maximum Gasteiger partial charge on any atom is 0.347 e. The Hall–Kier alpha value is -1.70. The van der Waals surface area contributed by atoms with Gasteiger partial charge in [0, 0.05) is 0 Å². The van der Waals surface area contributed by atoms with Crippen molar-refractivity contribution in [2.45, 2.75) is 6.92 Å². The number of nitrogens with zero attached hydrogens (tertiary/aromatic N) is 1. The Morgan fingerprint density at radius 1 is 1.56 bits per heavy atom. The molecule has 1 rings (SSSR count). The van der Waals surface area contributed by atoms with E-state index in [1.807, 2.05) is 0 Å². The van der Waals surface area contributed by atoms with Gasteiger partial charge < -0.3 is 9.47 Å². The summed E-state index contributed by atoms with van der Waals surface area (Å²) in [7, 11) is 0. The van der Waals surface area contributed by atoms with Gasteiger partial charge in [0.2, 0.25) is 11.6 Å². The molecule has 0 atom stereocenters. The van der Waals surface area contributed by atoms with Crippen molar-refractivity contribution in [2.75, 3.05) is 13.2 Å². The van der Waals surface area contributed by atoms with E-state index in [1.54, 1.807) is 6.92 Å². The molecule has 0 amide bonds. The molecule has 0 radical (unpaired) electrons. The number of carbonyl (C=O) groups excluding carboxylic acids is 1. The summed E-state index contributed by atoms with van der Waals surface area (Å²) in [4.78, 5) is 20.8. The predicted octanol–water partition coefficient (Wildman–Crippen LogP) is 2.44. The van der Waals surface area contributed by atoms with Gasteiger partial charge in [0.05, 0.1) is 16.0 Å². The summed E-state index contributed by atoms with van der Waals surface area (Å²) in [5.41, 5.74) is -0.825. The number of benzene rings is 1. The molecule has 0 aliphatic carbocycles. The number of hydrogen-bond donors (Lipinski definition) is 0. The van der Waals surface area contributed by atoms with Gasteiger partial charge in [-0.25, -0.2) is 4.79 Å². The van der Waals surface area contributed by atoms with Gasteiger partial charge in [-0.1, -0.05) is 0 Å². The molecule has 8 heteroatoms. The van der Waals surface area contributed by atoms with Crippen LogP contribution in [0.2, 0.25) is 0 Å². The van der Waals surface area contributed by atoms with Crippen LogP contribution in [0, 0.1) is 15.9 Å². The van der Waals surface area contributed by atoms with E-state index in [2.05, 4.69) is 20.7 Å². The molecule has 0 bridgehead atoms. The fourth-order valence-electron chi connectivity index (χ4n) is 1.15. The first-order valence-corrected chi connectivity index (χ1v) is 5.67. The average molecular weight is 322 g/mol. The molecule has 0 N–H and O–H groups in total. The molecule has 0 aliphatic rings. The SMILES string of the molecule is CCOC(=O)COc1ccc(Br)c(F)c1[N+](=O)[O-]. The van der Waals surface area contributed by atoms with Gasteiger partial charge in [0.1, 0.15) is 0 Å². The standard InChI is InChI=1S/C10H9BrFNO5/c1-2-17-8(14)5-18-7-4-3-6(11)9(12)10(7)13(15)16/h3-4H,2,5H2,1H3. The molecule has 1 aromatic rings. The fraction of sp³-hybridized carbons (Fsp3) is 0.300. The molecule has 0 saturated heterocycles. The van der Waals surface area contributed by atoms with Crippen molar-refractivity contribution in [3.05, 3.63) is 32.5 Å². The number of carbonyl (C=O) groups is 1. The zero-order valence-electron chi connectivity index (χ0n) is 9.31. The Kier molecular flexibility index (Phi) is 5.02. The average Bonchev–Trinajstić information content (AvgIpc) is 2.30. The minimum Gasteiger partial charge on any atom is -0.475 e. The largest absolute Gasteiger partial charge is 0.475 e. The Bertz CT molecular complexity index is 480. The topological polar surface area (TPSA) is 78.7 Å². The monoisotopic (exact) mass is 321 g/mol. The van der Waals surface area contributed by atoms with Gasteiger partial charge in [-0.15, -0.1) is 0 Å². The van der Waals surface area contributed by atoms with Crippen LogP contribution in [0.1, 0.15) is 6.92 Å². The molecule has 0 heterocycles. The van der Waals surface area contributed by atoms with E-state index in [0.717, 1.165) is 0 Å². The second-order valence-corrected chi connectivity index (χ2v) is 3.91. The van der Waals surface area contributed by atoms with Crippen LogP contribution in [-0.4, -0.2) is 24.1 Å². The normalized spacial score (nSPS) is 9.94. The van der Waals surface area contributed by atoms with Crippen LogP contribution in [0.3, 0.4) is 0 Å². The number of ether oxygens (including phenoxy) is 2. The predicted molar refractivity (Wildman–Crippen MR) is 62.9 cm³/mol. The number of halogens is 2. The Morgan fingerprint density at radius 3 is 2.78 bits per heavy atom. The third kappa shape index (κ3) is 3.39. The van der Waals surface area contributed by atoms with Crippen LogP contribution in [0.25, 0.3) is 0 Å². The van der Waals surface area contributed by atoms with E-state index in [9.17, 15) is 19.3 Å². The van der Waals surface area contributed by atoms with Gasteiger partial charge in [0.15, 0.2) is 6.61 Å². The molecule has 1 aromatic carbocycles. The summed E-state index contributed by atoms with van der Waals surface area (Å²) < 4.78 is 22.9. The van der Waals surface area contributed by atoms with Gasteiger partial charge in [-0.3, -0.25) is 10.1 Å². The van der Waals surface area contributed by atoms with Crippen LogP contribution < -0.4 is 4.74 Å². The molecule has 98 valence electrons. The minimum absolute atomic E-state index is 0.0577. The van der Waals surface area contributed by atoms with Crippen LogP contribution in [-0.2, 0) is 9.53 Å². The molecule has 0 aromatic heterocycles. The number of hydrogen-bond acceptors (Lipinski definition) is 5. The lowest BCUT2D eigenvalue weighted by Gasteiger charge is -2.07. The van der Waals surface area contributed by atoms with Crippen LogP contribution in [0.15, 0.2) is 16.6 Å². The van der Waals surface area contributed by atoms with Crippen LogP contribution >= 0.6 is 15.9 Å². The van der Waals surface area contributed by atoms with Crippen LogP contribution in [0.5, 0.6) is 5.75 Å². The summed E-state index contributed by atoms with van der Waals surface area (Å²) in [5.74, 6) is -2.06. The lowest BCUT2D eigenvalue weighted by Crippen LogP contribution is -2.15. The molecule has 18 heavy (non-hydrogen) atoms. The maximum atomic E-state index is 13.5. The smallest absolute Gasteiger partial charge is 0.347 e. The van der Waals surface area contributed by atoms with Crippen molar-refractivity contribution >= 4 is 27.6 Å². The Morgan fingerprint density at radius 2 is 2.22 bits per heavy atom. The van der Waals surface area contributed by atoms with Crippen molar-refractivity contribution in [3.8, 4) is 5.75 Å². The second kappa shape index (κ2) is 6.29. The lowest BCUT2D eigenvalue weighted by atomic mass is 10.3. The van der Waals surface area contributed by atoms with Crippen molar-refractivity contribution in [2.24, 2.45) is 0 Å². The Labute approximate surface area is 110 Å². The number of nitro benzene ring substituents is 1. The van der Waals surface area contributed by atoms with E-state index in [4.69, 9.17) is 4.74 Å². The van der Waals surface area contributed by atoms with E-state index < -0.39 is 29.0 Å². The van der Waals surface area contributed by atoms with Gasteiger partial charge in [-0.2, -0.15) is 4.39 Å². The molecule has 6 nitrogen and oxygen atoms in total. The highest BCUT2D eigenvalue weighted by atomic mass is 79.9. The molecule has 0 spiro atoms. The van der Waals surface area contributed by atoms with E-state index in [-0.39, 0.29) is 16.8 Å². The first-order chi connectivity index (χ1) is 8.47. The highest BCUT2D eigenvalue weighted by Gasteiger charge is 2.24. The molecule has 0 unspecified atom stereocenters. The van der Waals surface area contributed by atoms with Crippen LogP contribution in [0.4, 0.5) is 10.1 Å². The highest BCUT2D eigenvalue weighted by molar-refractivity contribution is 9.10. The summed E-state index contributed by atoms with van der Waals surface area (Å²) in [5, 5.41) is 10.7. The number of esters is 1. The minimum atomic E-state index is -1.05. The number of nitro groups is 1. The quantitative estimate of drug-likeness (QED) is 0.473. The Balaban J connectivity index is 2.92. The van der Waals surface area contributed by atoms with E-state index in [0.29, 0.717) is 0 Å². The zero-order chi connectivity index (χ0) is 13.7. The van der Waals surface area contributed by atoms with Crippen molar-refractivity contribution < 1.29 is 23.6 Å². The summed E-state index contributed by atoms with van der Waals surface area (Å²) in [6, 6.07) is 2.45. The summed E-state index contributed by atoms with van der Waals surface area (Å²) >= 11 is 2.83. The highest BCUT2D eigenvalue weighted by Crippen LogP contribution is 2.34. The fourth-order valence-corrected chi connectivity index (χ4v) is 1.47. The molecule has 0 fully saturated rings. The van der Waals surface area contributed by atoms with Gasteiger partial charge >= 0.3 is 11.7 Å². The second-order valence-electron chi connectivity index (χ2n) is 3.06. The number of rotatable bonds is 5. The molecular formula is C10H9BrFNO5. The summed E-state index contributed by atoms with van der Waals surface area (Å²) in [6.07, 6.45) is 0. The van der Waals surface area contributed by atoms with Crippen molar-refractivity contribution in [3.63, 3.8) is 0 Å². The maximum absolute atomic E-state index is 13.5. The molecule has 0 saturated carbocycles. The van der Waals surface area contributed by atoms with E-state index >= 15 is 0 Å². The lowest BCUT2D eigenvalue weighted by molar-refractivity contribution is -0.388. The van der Waals surface area contributed by atoms with E-state index in [1.165, 1.54) is 12.1 Å². The first kappa shape index (κ1) is 14.4. The third-order valence-corrected chi connectivity index (χ3v) is 2.48. The summed E-state index contributed by atoms with van der Waals surface area (Å²) in [6.45, 7) is 1.26. The third-order valence-electron chi connectivity index (χ3n) is 1.87. The van der Waals surface area contributed by atoms with Gasteiger partial charge in [0.25, 0.3) is 0 Å². The first-order valence-electron chi connectivity index (χ1n) is 4.88. The van der Waals surface area contributed by atoms with Gasteiger partial charge in [-0.05, 0) is 35.0 Å².